The molecule has 0 radical (unpaired) electrons. The molecule has 0 aliphatic carbocycles. The molecule has 0 bridgehead atoms. The van der Waals surface area contributed by atoms with Crippen LogP contribution in [0, 0.1) is 6.92 Å². The third kappa shape index (κ3) is 2.92. The van der Waals surface area contributed by atoms with E-state index in [0.29, 0.717) is 0 Å². The Balaban J connectivity index is 1.69. The topological polar surface area (TPSA) is 64.3 Å². The first-order valence-electron chi connectivity index (χ1n) is 9.36. The van der Waals surface area contributed by atoms with Gasteiger partial charge < -0.3 is 10.1 Å². The van der Waals surface area contributed by atoms with Crippen molar-refractivity contribution < 1.29 is 4.74 Å². The average Bonchev–Trinajstić information content (AvgIpc) is 3.37. The zero-order chi connectivity index (χ0) is 18.2. The van der Waals surface area contributed by atoms with Gasteiger partial charge in [0.15, 0.2) is 11.5 Å². The maximum absolute atomic E-state index is 5.76. The van der Waals surface area contributed by atoms with Crippen LogP contribution in [0.3, 0.4) is 0 Å². The van der Waals surface area contributed by atoms with Gasteiger partial charge in [0.1, 0.15) is 0 Å². The van der Waals surface area contributed by atoms with Crippen LogP contribution >= 0.6 is 0 Å². The third-order valence-corrected chi connectivity index (χ3v) is 5.04. The zero-order valence-electron chi connectivity index (χ0n) is 15.2. The van der Waals surface area contributed by atoms with E-state index in [0.717, 1.165) is 59.9 Å². The van der Waals surface area contributed by atoms with Crippen molar-refractivity contribution in [1.82, 2.24) is 19.6 Å². The molecular weight excluding hydrogens is 338 g/mol. The van der Waals surface area contributed by atoms with Crippen LogP contribution in [-0.4, -0.2) is 38.8 Å². The molecule has 1 N–H and O–H groups in total. The van der Waals surface area contributed by atoms with Gasteiger partial charge in [-0.3, -0.25) is 0 Å². The fourth-order valence-corrected chi connectivity index (χ4v) is 3.65. The third-order valence-electron chi connectivity index (χ3n) is 5.04. The van der Waals surface area contributed by atoms with Crippen LogP contribution in [0.2, 0.25) is 0 Å². The Bertz CT molecular complexity index is 1100. The van der Waals surface area contributed by atoms with Gasteiger partial charge in [0.05, 0.1) is 11.6 Å². The lowest BCUT2D eigenvalue weighted by Gasteiger charge is -2.14. The van der Waals surface area contributed by atoms with Crippen LogP contribution in [0.15, 0.2) is 48.5 Å². The predicted molar refractivity (Wildman–Crippen MR) is 106 cm³/mol. The van der Waals surface area contributed by atoms with Crippen molar-refractivity contribution >= 4 is 22.5 Å². The summed E-state index contributed by atoms with van der Waals surface area (Å²) >= 11 is 0. The normalized spacial score (nSPS) is 17.0. The minimum atomic E-state index is 0.229. The average molecular weight is 359 g/mol. The Kier molecular flexibility index (Phi) is 3.98. The van der Waals surface area contributed by atoms with Gasteiger partial charge in [-0.15, -0.1) is 10.2 Å². The number of aryl methyl sites for hydroxylation is 1. The summed E-state index contributed by atoms with van der Waals surface area (Å²) in [6.45, 7) is 3.65. The summed E-state index contributed by atoms with van der Waals surface area (Å²) in [6, 6.07) is 16.3. The summed E-state index contributed by atoms with van der Waals surface area (Å²) in [5.41, 5.74) is 3.92. The maximum atomic E-state index is 5.76. The molecule has 1 saturated heterocycles. The van der Waals surface area contributed by atoms with Crippen LogP contribution in [-0.2, 0) is 4.74 Å². The molecule has 2 aromatic carbocycles. The Hall–Kier alpha value is -2.99. The first kappa shape index (κ1) is 16.2. The second-order valence-corrected chi connectivity index (χ2v) is 7.02. The van der Waals surface area contributed by atoms with E-state index in [1.54, 1.807) is 0 Å². The fourth-order valence-electron chi connectivity index (χ4n) is 3.65. The van der Waals surface area contributed by atoms with E-state index >= 15 is 0 Å². The van der Waals surface area contributed by atoms with Gasteiger partial charge in [0.2, 0.25) is 5.95 Å². The van der Waals surface area contributed by atoms with E-state index in [9.17, 15) is 0 Å². The largest absolute Gasteiger partial charge is 0.376 e. The lowest BCUT2D eigenvalue weighted by atomic mass is 10.1. The minimum absolute atomic E-state index is 0.229. The highest BCUT2D eigenvalue weighted by atomic mass is 16.5. The standard InChI is InChI=1S/C21H21N5O/c1-14-9-10-18-17(12-14)20-25-24-19(15-6-3-2-4-7-15)26(20)21(23-18)22-13-16-8-5-11-27-16/h2-4,6-7,9-10,12,16H,5,8,11,13H2,1H3,(H,22,23). The van der Waals surface area contributed by atoms with Crippen molar-refractivity contribution in [2.75, 3.05) is 18.5 Å². The molecule has 1 aliphatic heterocycles. The predicted octanol–water partition coefficient (Wildman–Crippen LogP) is 3.84. The number of hydrogen-bond acceptors (Lipinski definition) is 5. The summed E-state index contributed by atoms with van der Waals surface area (Å²) in [5.74, 6) is 1.54. The summed E-state index contributed by atoms with van der Waals surface area (Å²) in [5, 5.41) is 13.5. The van der Waals surface area contributed by atoms with Crippen molar-refractivity contribution in [2.45, 2.75) is 25.9 Å². The monoisotopic (exact) mass is 359 g/mol. The van der Waals surface area contributed by atoms with Gasteiger partial charge in [-0.1, -0.05) is 42.0 Å². The number of nitrogens with zero attached hydrogens (tertiary/aromatic N) is 4. The van der Waals surface area contributed by atoms with Crippen LogP contribution in [0.5, 0.6) is 0 Å². The second kappa shape index (κ2) is 6.63. The smallest absolute Gasteiger partial charge is 0.211 e. The lowest BCUT2D eigenvalue weighted by Crippen LogP contribution is -2.20. The van der Waals surface area contributed by atoms with E-state index in [1.165, 1.54) is 5.56 Å². The first-order valence-corrected chi connectivity index (χ1v) is 9.36. The van der Waals surface area contributed by atoms with Gasteiger partial charge in [-0.2, -0.15) is 0 Å². The van der Waals surface area contributed by atoms with Crippen LogP contribution in [0.25, 0.3) is 27.9 Å². The van der Waals surface area contributed by atoms with E-state index in [2.05, 4.69) is 34.6 Å². The van der Waals surface area contributed by atoms with E-state index < -0.39 is 0 Å². The van der Waals surface area contributed by atoms with Gasteiger partial charge in [-0.05, 0) is 31.9 Å². The Morgan fingerprint density at radius 3 is 2.85 bits per heavy atom. The van der Waals surface area contributed by atoms with Crippen molar-refractivity contribution in [3.05, 3.63) is 54.1 Å². The van der Waals surface area contributed by atoms with Crippen LogP contribution < -0.4 is 5.32 Å². The molecule has 1 fully saturated rings. The molecule has 1 aliphatic rings. The SMILES string of the molecule is Cc1ccc2nc(NCC3CCCO3)n3c(-c4ccccc4)nnc3c2c1. The molecule has 136 valence electrons. The lowest BCUT2D eigenvalue weighted by molar-refractivity contribution is 0.120. The first-order chi connectivity index (χ1) is 13.3. The number of rotatable bonds is 4. The fraction of sp³-hybridized carbons (Fsp3) is 0.286. The molecule has 1 unspecified atom stereocenters. The number of nitrogens with one attached hydrogen (secondary N) is 1. The molecule has 3 heterocycles. The molecule has 6 nitrogen and oxygen atoms in total. The number of benzene rings is 2. The molecule has 0 spiro atoms. The number of fused-ring (bicyclic) bond motifs is 3. The Labute approximate surface area is 157 Å². The number of anilines is 1. The van der Waals surface area contributed by atoms with Crippen LogP contribution in [0.4, 0.5) is 5.95 Å². The summed E-state index contributed by atoms with van der Waals surface area (Å²) < 4.78 is 7.78. The molecule has 6 heteroatoms. The molecule has 1 atom stereocenters. The van der Waals surface area contributed by atoms with Crippen molar-refractivity contribution in [2.24, 2.45) is 0 Å². The molecule has 5 rings (SSSR count). The summed E-state index contributed by atoms with van der Waals surface area (Å²) in [7, 11) is 0. The maximum Gasteiger partial charge on any atom is 0.211 e. The highest BCUT2D eigenvalue weighted by Crippen LogP contribution is 2.27. The molecule has 27 heavy (non-hydrogen) atoms. The molecular formula is C21H21N5O. The Morgan fingerprint density at radius 1 is 1.15 bits per heavy atom. The zero-order valence-corrected chi connectivity index (χ0v) is 15.2. The minimum Gasteiger partial charge on any atom is -0.376 e. The molecule has 4 aromatic rings. The van der Waals surface area contributed by atoms with E-state index in [1.807, 2.05) is 40.8 Å². The van der Waals surface area contributed by atoms with E-state index in [4.69, 9.17) is 9.72 Å². The molecule has 2 aromatic heterocycles. The van der Waals surface area contributed by atoms with Gasteiger partial charge >= 0.3 is 0 Å². The summed E-state index contributed by atoms with van der Waals surface area (Å²) in [4.78, 5) is 4.88. The number of hydrogen-bond donors (Lipinski definition) is 1. The van der Waals surface area contributed by atoms with Gasteiger partial charge in [-0.25, -0.2) is 9.38 Å². The number of aromatic nitrogens is 4. The molecule has 0 amide bonds. The molecule has 0 saturated carbocycles. The van der Waals surface area contributed by atoms with E-state index in [-0.39, 0.29) is 6.10 Å². The quantitative estimate of drug-likeness (QED) is 0.600. The van der Waals surface area contributed by atoms with Gasteiger partial charge in [0.25, 0.3) is 0 Å². The van der Waals surface area contributed by atoms with Crippen molar-refractivity contribution in [3.8, 4) is 11.4 Å². The highest BCUT2D eigenvalue weighted by Gasteiger charge is 2.19. The summed E-state index contributed by atoms with van der Waals surface area (Å²) in [6.07, 6.45) is 2.43. The Morgan fingerprint density at radius 2 is 2.04 bits per heavy atom. The van der Waals surface area contributed by atoms with Crippen molar-refractivity contribution in [1.29, 1.82) is 0 Å². The number of ether oxygens (including phenoxy) is 1. The van der Waals surface area contributed by atoms with Crippen molar-refractivity contribution in [3.63, 3.8) is 0 Å². The second-order valence-electron chi connectivity index (χ2n) is 7.02. The highest BCUT2D eigenvalue weighted by molar-refractivity contribution is 5.93. The van der Waals surface area contributed by atoms with Gasteiger partial charge in [0, 0.05) is 24.1 Å². The van der Waals surface area contributed by atoms with Crippen LogP contribution in [0.1, 0.15) is 18.4 Å².